The van der Waals surface area contributed by atoms with Crippen LogP contribution in [0.1, 0.15) is 32.1 Å². The van der Waals surface area contributed by atoms with Crippen LogP contribution in [0.25, 0.3) is 0 Å². The summed E-state index contributed by atoms with van der Waals surface area (Å²) in [5.41, 5.74) is 0. The maximum absolute atomic E-state index is 3.99. The summed E-state index contributed by atoms with van der Waals surface area (Å²) in [6.45, 7) is 0. The van der Waals surface area contributed by atoms with Gasteiger partial charge >= 0.3 is 94.2 Å². The molecule has 4 rings (SSSR count). The molecule has 0 radical (unpaired) electrons. The van der Waals surface area contributed by atoms with Crippen LogP contribution in [0.2, 0.25) is 10.5 Å². The van der Waals surface area contributed by atoms with Crippen molar-refractivity contribution in [3.63, 3.8) is 0 Å². The van der Waals surface area contributed by atoms with E-state index >= 15 is 0 Å². The Kier molecular flexibility index (Phi) is 2.54. The van der Waals surface area contributed by atoms with Crippen LogP contribution in [-0.2, 0) is 18.1 Å². The molecule has 1 nitrogen and oxygen atoms in total. The van der Waals surface area contributed by atoms with Crippen LogP contribution in [0.5, 0.6) is 0 Å². The van der Waals surface area contributed by atoms with E-state index in [0.717, 1.165) is 29.7 Å². The van der Waals surface area contributed by atoms with Gasteiger partial charge in [-0.05, 0) is 0 Å². The van der Waals surface area contributed by atoms with Gasteiger partial charge in [0.25, 0.3) is 0 Å². The zero-order chi connectivity index (χ0) is 9.71. The van der Waals surface area contributed by atoms with Crippen molar-refractivity contribution < 1.29 is 18.1 Å². The molecule has 4 saturated carbocycles. The number of rotatable bonds is 2. The minimum atomic E-state index is -0.803. The van der Waals surface area contributed by atoms with E-state index in [4.69, 9.17) is 0 Å². The molecule has 4 fully saturated rings. The van der Waals surface area contributed by atoms with Crippen molar-refractivity contribution in [3.8, 4) is 0 Å². The number of hydrogen-bond acceptors (Lipinski definition) is 1. The summed E-state index contributed by atoms with van der Waals surface area (Å²) >= 11 is -0.803. The number of hydrogen-bond donors (Lipinski definition) is 1. The molecular formula is C12H22NTi. The molecule has 14 heavy (non-hydrogen) atoms. The first-order valence-electron chi connectivity index (χ1n) is 6.29. The topological polar surface area (TPSA) is 12.0 Å². The van der Waals surface area contributed by atoms with Crippen molar-refractivity contribution >= 4 is 0 Å². The third kappa shape index (κ3) is 1.62. The maximum atomic E-state index is 3.99. The molecule has 0 heterocycles. The second kappa shape index (κ2) is 3.61. The molecule has 0 unspecified atom stereocenters. The molecule has 0 amide bonds. The first kappa shape index (κ1) is 9.87. The fourth-order valence-electron chi connectivity index (χ4n) is 4.49. The van der Waals surface area contributed by atoms with Gasteiger partial charge in [-0.3, -0.25) is 0 Å². The van der Waals surface area contributed by atoms with Gasteiger partial charge in [0, 0.05) is 0 Å². The average Bonchev–Trinajstić information content (AvgIpc) is 2.09. The Morgan fingerprint density at radius 2 is 1.36 bits per heavy atom. The second-order valence-corrected chi connectivity index (χ2v) is 9.67. The molecule has 4 bridgehead atoms. The first-order valence-corrected chi connectivity index (χ1v) is 10.2. The van der Waals surface area contributed by atoms with Crippen LogP contribution in [0.3, 0.4) is 0 Å². The molecule has 0 atom stereocenters. The summed E-state index contributed by atoms with van der Waals surface area (Å²) in [6, 6.07) is 0.952. The van der Waals surface area contributed by atoms with Crippen LogP contribution < -0.4 is 3.80 Å². The summed E-state index contributed by atoms with van der Waals surface area (Å²) in [6.07, 6.45) is 7.85. The van der Waals surface area contributed by atoms with Gasteiger partial charge in [0.2, 0.25) is 0 Å². The SMILES string of the molecule is [CH3][Ti]([CH3])[NH]C1C2CC3CC(C2)CC1C3. The Hall–Kier alpha value is 0.674. The predicted octanol–water partition coefficient (Wildman–Crippen LogP) is 3.03. The predicted molar refractivity (Wildman–Crippen MR) is 55.7 cm³/mol. The van der Waals surface area contributed by atoms with Gasteiger partial charge in [-0.1, -0.05) is 0 Å². The molecule has 0 aromatic heterocycles. The quantitative estimate of drug-likeness (QED) is 0.716. The van der Waals surface area contributed by atoms with E-state index in [1.807, 2.05) is 0 Å². The van der Waals surface area contributed by atoms with Crippen molar-refractivity contribution in [2.75, 3.05) is 0 Å². The summed E-state index contributed by atoms with van der Waals surface area (Å²) in [7, 11) is 0. The van der Waals surface area contributed by atoms with E-state index in [-0.39, 0.29) is 0 Å². The molecular weight excluding hydrogens is 206 g/mol. The summed E-state index contributed by atoms with van der Waals surface area (Å²) in [5, 5.41) is 4.93. The van der Waals surface area contributed by atoms with Crippen LogP contribution in [0.4, 0.5) is 0 Å². The zero-order valence-corrected chi connectivity index (χ0v) is 11.0. The normalized spacial score (nSPS) is 49.7. The molecule has 4 aliphatic carbocycles. The van der Waals surface area contributed by atoms with E-state index in [1.54, 1.807) is 32.1 Å². The molecule has 79 valence electrons. The van der Waals surface area contributed by atoms with Gasteiger partial charge in [-0.25, -0.2) is 0 Å². The molecule has 0 saturated heterocycles. The van der Waals surface area contributed by atoms with E-state index < -0.39 is 18.1 Å². The van der Waals surface area contributed by atoms with Crippen LogP contribution in [0, 0.1) is 23.7 Å². The summed E-state index contributed by atoms with van der Waals surface area (Å²) in [5.74, 6) is 4.42. The van der Waals surface area contributed by atoms with E-state index in [0.29, 0.717) is 0 Å². The second-order valence-electron chi connectivity index (χ2n) is 6.10. The molecule has 0 aromatic rings. The zero-order valence-electron chi connectivity index (χ0n) is 9.42. The Morgan fingerprint density at radius 3 is 1.79 bits per heavy atom. The van der Waals surface area contributed by atoms with Gasteiger partial charge in [-0.15, -0.1) is 0 Å². The summed E-state index contributed by atoms with van der Waals surface area (Å²) in [4.78, 5) is 0. The average molecular weight is 228 g/mol. The van der Waals surface area contributed by atoms with Crippen LogP contribution in [-0.4, -0.2) is 6.04 Å². The molecule has 2 heteroatoms. The summed E-state index contributed by atoms with van der Waals surface area (Å²) < 4.78 is 3.99. The van der Waals surface area contributed by atoms with Crippen LogP contribution >= 0.6 is 0 Å². The molecule has 0 spiro atoms. The van der Waals surface area contributed by atoms with Gasteiger partial charge in [0.05, 0.1) is 0 Å². The van der Waals surface area contributed by atoms with E-state index in [1.165, 1.54) is 0 Å². The third-order valence-electron chi connectivity index (χ3n) is 4.68. The van der Waals surface area contributed by atoms with Crippen molar-refractivity contribution in [1.82, 2.24) is 3.80 Å². The van der Waals surface area contributed by atoms with Gasteiger partial charge in [0.1, 0.15) is 0 Å². The van der Waals surface area contributed by atoms with Crippen LogP contribution in [0.15, 0.2) is 0 Å². The Morgan fingerprint density at radius 1 is 0.857 bits per heavy atom. The van der Waals surface area contributed by atoms with Gasteiger partial charge < -0.3 is 0 Å². The van der Waals surface area contributed by atoms with Gasteiger partial charge in [0.15, 0.2) is 0 Å². The van der Waals surface area contributed by atoms with E-state index in [2.05, 4.69) is 14.3 Å². The van der Waals surface area contributed by atoms with Crippen molar-refractivity contribution in [3.05, 3.63) is 0 Å². The van der Waals surface area contributed by atoms with Crippen molar-refractivity contribution in [2.45, 2.75) is 48.6 Å². The van der Waals surface area contributed by atoms with Crippen molar-refractivity contribution in [2.24, 2.45) is 23.7 Å². The number of nitrogens with one attached hydrogen (secondary N) is 1. The Balaban J connectivity index is 1.74. The van der Waals surface area contributed by atoms with E-state index in [9.17, 15) is 0 Å². The standard InChI is InChI=1S/C10H16N.2CH3.Ti/c11-10-8-2-6-1-7(4-8)5-9(10)3-6;;;/h6-11H,1-5H2;2*1H3;/q-1;;;+1. The molecule has 0 aliphatic heterocycles. The first-order chi connectivity index (χ1) is 6.72. The minimum absolute atomic E-state index is 0.803. The Bertz CT molecular complexity index is 198. The molecule has 0 aromatic carbocycles. The van der Waals surface area contributed by atoms with Gasteiger partial charge in [-0.2, -0.15) is 0 Å². The van der Waals surface area contributed by atoms with Crippen molar-refractivity contribution in [1.29, 1.82) is 0 Å². The molecule has 4 aliphatic rings. The fraction of sp³-hybridized carbons (Fsp3) is 1.00. The Labute approximate surface area is 94.2 Å². The fourth-order valence-corrected chi connectivity index (χ4v) is 6.27. The third-order valence-corrected chi connectivity index (χ3v) is 6.10. The monoisotopic (exact) mass is 228 g/mol. The molecule has 1 N–H and O–H groups in total.